The van der Waals surface area contributed by atoms with Crippen LogP contribution in [0.5, 0.6) is 5.75 Å². The first-order valence-electron chi connectivity index (χ1n) is 8.80. The number of rotatable bonds is 6. The van der Waals surface area contributed by atoms with Crippen molar-refractivity contribution in [2.45, 2.75) is 13.5 Å². The van der Waals surface area contributed by atoms with Crippen LogP contribution in [0.15, 0.2) is 67.0 Å². The predicted molar refractivity (Wildman–Crippen MR) is 108 cm³/mol. The van der Waals surface area contributed by atoms with Gasteiger partial charge in [0.1, 0.15) is 5.75 Å². The van der Waals surface area contributed by atoms with E-state index in [1.807, 2.05) is 49.4 Å². The minimum atomic E-state index is -0.367. The number of ether oxygens (including phenoxy) is 1. The summed E-state index contributed by atoms with van der Waals surface area (Å²) in [7, 11) is 1.54. The van der Waals surface area contributed by atoms with E-state index in [2.05, 4.69) is 15.6 Å². The lowest BCUT2D eigenvalue weighted by Crippen LogP contribution is -2.23. The van der Waals surface area contributed by atoms with Gasteiger partial charge in [0, 0.05) is 18.9 Å². The molecule has 0 aliphatic heterocycles. The van der Waals surface area contributed by atoms with Crippen molar-refractivity contribution in [3.8, 4) is 5.75 Å². The number of aromatic nitrogens is 1. The van der Waals surface area contributed by atoms with Crippen LogP contribution >= 0.6 is 0 Å². The third-order valence-corrected chi connectivity index (χ3v) is 4.16. The van der Waals surface area contributed by atoms with Crippen molar-refractivity contribution >= 4 is 17.5 Å². The Labute approximate surface area is 163 Å². The summed E-state index contributed by atoms with van der Waals surface area (Å²) in [5.41, 5.74) is 3.15. The number of nitrogens with zero attached hydrogens (tertiary/aromatic N) is 1. The van der Waals surface area contributed by atoms with E-state index >= 15 is 0 Å². The van der Waals surface area contributed by atoms with Gasteiger partial charge in [-0.3, -0.25) is 14.6 Å². The average molecular weight is 375 g/mol. The van der Waals surface area contributed by atoms with Crippen molar-refractivity contribution in [3.63, 3.8) is 0 Å². The van der Waals surface area contributed by atoms with Crippen LogP contribution in [0.3, 0.4) is 0 Å². The number of methoxy groups -OCH3 is 1. The third kappa shape index (κ3) is 4.73. The molecule has 2 amide bonds. The predicted octanol–water partition coefficient (Wildman–Crippen LogP) is 3.58. The van der Waals surface area contributed by atoms with Crippen LogP contribution < -0.4 is 15.4 Å². The zero-order valence-corrected chi connectivity index (χ0v) is 15.7. The lowest BCUT2D eigenvalue weighted by atomic mass is 10.1. The minimum absolute atomic E-state index is 0.288. The second kappa shape index (κ2) is 8.81. The largest absolute Gasteiger partial charge is 0.495 e. The second-order valence-electron chi connectivity index (χ2n) is 6.29. The Morgan fingerprint density at radius 1 is 0.964 bits per heavy atom. The molecule has 0 spiro atoms. The molecule has 0 atom stereocenters. The highest BCUT2D eigenvalue weighted by molar-refractivity contribution is 6.06. The normalized spacial score (nSPS) is 10.2. The Balaban J connectivity index is 1.71. The van der Waals surface area contributed by atoms with Gasteiger partial charge in [0.05, 0.1) is 23.9 Å². The molecule has 0 radical (unpaired) electrons. The Kier molecular flexibility index (Phi) is 6.01. The number of anilines is 1. The zero-order chi connectivity index (χ0) is 19.9. The van der Waals surface area contributed by atoms with E-state index in [9.17, 15) is 9.59 Å². The van der Waals surface area contributed by atoms with E-state index in [4.69, 9.17) is 4.74 Å². The molecule has 0 fully saturated rings. The van der Waals surface area contributed by atoms with Gasteiger partial charge in [0.2, 0.25) is 0 Å². The SMILES string of the molecule is COc1ccc(C)cc1NC(=O)c1cncc(C(=O)NCc2ccccc2)c1. The van der Waals surface area contributed by atoms with Crippen LogP contribution in [0.2, 0.25) is 0 Å². The smallest absolute Gasteiger partial charge is 0.257 e. The summed E-state index contributed by atoms with van der Waals surface area (Å²) in [5.74, 6) is -0.100. The number of carbonyl (C=O) groups is 2. The molecule has 6 nitrogen and oxygen atoms in total. The van der Waals surface area contributed by atoms with Gasteiger partial charge >= 0.3 is 0 Å². The van der Waals surface area contributed by atoms with Crippen molar-refractivity contribution in [3.05, 3.63) is 89.2 Å². The Morgan fingerprint density at radius 2 is 1.68 bits per heavy atom. The molecule has 6 heteroatoms. The minimum Gasteiger partial charge on any atom is -0.495 e. The van der Waals surface area contributed by atoms with Gasteiger partial charge in [-0.05, 0) is 36.2 Å². The second-order valence-corrected chi connectivity index (χ2v) is 6.29. The zero-order valence-electron chi connectivity index (χ0n) is 15.7. The van der Waals surface area contributed by atoms with E-state index in [0.29, 0.717) is 23.5 Å². The Bertz CT molecular complexity index is 987. The molecule has 2 N–H and O–H groups in total. The molecule has 1 aromatic heterocycles. The van der Waals surface area contributed by atoms with E-state index in [1.54, 1.807) is 13.2 Å². The highest BCUT2D eigenvalue weighted by atomic mass is 16.5. The molecule has 142 valence electrons. The first-order chi connectivity index (χ1) is 13.6. The van der Waals surface area contributed by atoms with Crippen molar-refractivity contribution in [1.82, 2.24) is 10.3 Å². The molecule has 0 aliphatic rings. The summed E-state index contributed by atoms with van der Waals surface area (Å²) in [5, 5.41) is 5.63. The van der Waals surface area contributed by atoms with Crippen LogP contribution in [0, 0.1) is 6.92 Å². The molecular weight excluding hydrogens is 354 g/mol. The maximum atomic E-state index is 12.6. The number of pyridine rings is 1. The van der Waals surface area contributed by atoms with Gasteiger partial charge in [-0.25, -0.2) is 0 Å². The van der Waals surface area contributed by atoms with Crippen molar-refractivity contribution in [2.24, 2.45) is 0 Å². The number of aryl methyl sites for hydroxylation is 1. The highest BCUT2D eigenvalue weighted by Crippen LogP contribution is 2.25. The first-order valence-corrected chi connectivity index (χ1v) is 8.80. The Morgan fingerprint density at radius 3 is 2.39 bits per heavy atom. The quantitative estimate of drug-likeness (QED) is 0.690. The van der Waals surface area contributed by atoms with Crippen molar-refractivity contribution < 1.29 is 14.3 Å². The fraction of sp³-hybridized carbons (Fsp3) is 0.136. The van der Waals surface area contributed by atoms with Crippen LogP contribution in [-0.2, 0) is 6.54 Å². The fourth-order valence-electron chi connectivity index (χ4n) is 2.68. The number of nitrogens with one attached hydrogen (secondary N) is 2. The van der Waals surface area contributed by atoms with E-state index in [1.165, 1.54) is 18.5 Å². The molecule has 0 aliphatic carbocycles. The summed E-state index contributed by atoms with van der Waals surface area (Å²) in [6.07, 6.45) is 2.86. The Hall–Kier alpha value is -3.67. The molecule has 0 saturated carbocycles. The number of hydrogen-bond acceptors (Lipinski definition) is 4. The van der Waals surface area contributed by atoms with Gasteiger partial charge in [-0.1, -0.05) is 36.4 Å². The summed E-state index contributed by atoms with van der Waals surface area (Å²) >= 11 is 0. The van der Waals surface area contributed by atoms with Gasteiger partial charge in [-0.15, -0.1) is 0 Å². The number of benzene rings is 2. The topological polar surface area (TPSA) is 80.3 Å². The maximum Gasteiger partial charge on any atom is 0.257 e. The first kappa shape index (κ1) is 19.1. The lowest BCUT2D eigenvalue weighted by molar-refractivity contribution is 0.0950. The maximum absolute atomic E-state index is 12.6. The molecule has 2 aromatic carbocycles. The van der Waals surface area contributed by atoms with Crippen LogP contribution in [-0.4, -0.2) is 23.9 Å². The molecule has 0 saturated heterocycles. The number of carbonyl (C=O) groups excluding carboxylic acids is 2. The van der Waals surface area contributed by atoms with Crippen LogP contribution in [0.4, 0.5) is 5.69 Å². The van der Waals surface area contributed by atoms with Crippen LogP contribution in [0.25, 0.3) is 0 Å². The summed E-state index contributed by atoms with van der Waals surface area (Å²) in [4.78, 5) is 29.0. The summed E-state index contributed by atoms with van der Waals surface area (Å²) < 4.78 is 5.28. The van der Waals surface area contributed by atoms with Gasteiger partial charge in [-0.2, -0.15) is 0 Å². The van der Waals surface area contributed by atoms with Gasteiger partial charge in [0.25, 0.3) is 11.8 Å². The van der Waals surface area contributed by atoms with E-state index in [-0.39, 0.29) is 17.4 Å². The molecule has 3 aromatic rings. The summed E-state index contributed by atoms with van der Waals surface area (Å²) in [6.45, 7) is 2.32. The van der Waals surface area contributed by atoms with Crippen LogP contribution in [0.1, 0.15) is 31.8 Å². The molecule has 1 heterocycles. The van der Waals surface area contributed by atoms with E-state index in [0.717, 1.165) is 11.1 Å². The third-order valence-electron chi connectivity index (χ3n) is 4.16. The highest BCUT2D eigenvalue weighted by Gasteiger charge is 2.13. The molecule has 28 heavy (non-hydrogen) atoms. The standard InChI is InChI=1S/C22H21N3O3/c1-15-8-9-20(28-2)19(10-15)25-22(27)18-11-17(13-23-14-18)21(26)24-12-16-6-4-3-5-7-16/h3-11,13-14H,12H2,1-2H3,(H,24,26)(H,25,27). The number of amides is 2. The molecule has 0 unspecified atom stereocenters. The van der Waals surface area contributed by atoms with E-state index < -0.39 is 0 Å². The monoisotopic (exact) mass is 375 g/mol. The van der Waals surface area contributed by atoms with Gasteiger partial charge in [0.15, 0.2) is 0 Å². The molecular formula is C22H21N3O3. The number of hydrogen-bond donors (Lipinski definition) is 2. The average Bonchev–Trinajstić information content (AvgIpc) is 2.73. The van der Waals surface area contributed by atoms with Crippen molar-refractivity contribution in [2.75, 3.05) is 12.4 Å². The molecule has 0 bridgehead atoms. The van der Waals surface area contributed by atoms with Gasteiger partial charge < -0.3 is 15.4 Å². The van der Waals surface area contributed by atoms with Crippen molar-refractivity contribution in [1.29, 1.82) is 0 Å². The molecule has 3 rings (SSSR count). The fourth-order valence-corrected chi connectivity index (χ4v) is 2.68. The summed E-state index contributed by atoms with van der Waals surface area (Å²) in [6, 6.07) is 16.6. The lowest BCUT2D eigenvalue weighted by Gasteiger charge is -2.11.